The number of carbonyl (C=O) groups is 1. The average molecular weight is 282 g/mol. The van der Waals surface area contributed by atoms with Crippen LogP contribution in [0.15, 0.2) is 12.1 Å². The summed E-state index contributed by atoms with van der Waals surface area (Å²) >= 11 is 0. The molecule has 20 heavy (non-hydrogen) atoms. The van der Waals surface area contributed by atoms with E-state index in [9.17, 15) is 4.79 Å². The lowest BCUT2D eigenvalue weighted by Crippen LogP contribution is -2.10. The predicted molar refractivity (Wildman–Crippen MR) is 76.3 cm³/mol. The summed E-state index contributed by atoms with van der Waals surface area (Å²) in [4.78, 5) is 15.5. The highest BCUT2D eigenvalue weighted by atomic mass is 16.5. The molecule has 0 bridgehead atoms. The minimum atomic E-state index is -0.955. The number of carboxylic acids is 1. The van der Waals surface area contributed by atoms with E-state index in [2.05, 4.69) is 10.3 Å². The van der Waals surface area contributed by atoms with E-state index in [1.165, 1.54) is 6.07 Å². The van der Waals surface area contributed by atoms with Crippen molar-refractivity contribution < 1.29 is 19.7 Å². The van der Waals surface area contributed by atoms with Gasteiger partial charge >= 0.3 is 5.97 Å². The molecule has 1 aromatic rings. The smallest absolute Gasteiger partial charge is 0.335 e. The molecular formula is C14H22N2O4. The maximum Gasteiger partial charge on any atom is 0.335 e. The molecule has 6 heteroatoms. The number of hydrogen-bond acceptors (Lipinski definition) is 5. The van der Waals surface area contributed by atoms with Crippen LogP contribution in [0.5, 0.6) is 0 Å². The Bertz CT molecular complexity index is 435. The Balaban J connectivity index is 2.58. The number of aliphatic hydroxyl groups is 1. The van der Waals surface area contributed by atoms with Gasteiger partial charge in [0.15, 0.2) is 0 Å². The van der Waals surface area contributed by atoms with Crippen molar-refractivity contribution in [3.05, 3.63) is 23.4 Å². The molecular weight excluding hydrogens is 260 g/mol. The summed E-state index contributed by atoms with van der Waals surface area (Å²) in [7, 11) is 0. The van der Waals surface area contributed by atoms with Gasteiger partial charge < -0.3 is 20.3 Å². The molecule has 1 rings (SSSR count). The van der Waals surface area contributed by atoms with Gasteiger partial charge in [-0.1, -0.05) is 13.8 Å². The van der Waals surface area contributed by atoms with Crippen molar-refractivity contribution in [3.63, 3.8) is 0 Å². The number of anilines is 1. The summed E-state index contributed by atoms with van der Waals surface area (Å²) < 4.78 is 5.14. The minimum absolute atomic E-state index is 0.0212. The maximum absolute atomic E-state index is 11.1. The summed E-state index contributed by atoms with van der Waals surface area (Å²) in [6, 6.07) is 3.13. The van der Waals surface area contributed by atoms with Gasteiger partial charge in [-0.2, -0.15) is 0 Å². The zero-order chi connectivity index (χ0) is 15.0. The number of rotatable bonds is 9. The topological polar surface area (TPSA) is 91.7 Å². The van der Waals surface area contributed by atoms with Gasteiger partial charge in [0.2, 0.25) is 0 Å². The second kappa shape index (κ2) is 8.50. The first kappa shape index (κ1) is 16.4. The molecule has 0 amide bonds. The molecule has 0 aromatic carbocycles. The van der Waals surface area contributed by atoms with E-state index < -0.39 is 5.97 Å². The Morgan fingerprint density at radius 3 is 2.75 bits per heavy atom. The van der Waals surface area contributed by atoms with Crippen LogP contribution in [-0.4, -0.2) is 47.5 Å². The number of aromatic nitrogens is 1. The van der Waals surface area contributed by atoms with E-state index in [-0.39, 0.29) is 18.1 Å². The molecule has 0 atom stereocenters. The number of aliphatic hydroxyl groups excluding tert-OH is 1. The van der Waals surface area contributed by atoms with Gasteiger partial charge in [0.1, 0.15) is 5.82 Å². The number of nitrogens with zero attached hydrogens (tertiary/aromatic N) is 1. The zero-order valence-electron chi connectivity index (χ0n) is 11.9. The number of ether oxygens (including phenoxy) is 1. The van der Waals surface area contributed by atoms with Crippen LogP contribution in [0.3, 0.4) is 0 Å². The molecule has 0 spiro atoms. The molecule has 0 saturated heterocycles. The lowest BCUT2D eigenvalue weighted by atomic mass is 10.1. The Kier molecular flexibility index (Phi) is 6.97. The quantitative estimate of drug-likeness (QED) is 0.597. The Labute approximate surface area is 118 Å². The molecule has 1 aromatic heterocycles. The molecule has 3 N–H and O–H groups in total. The summed E-state index contributed by atoms with van der Waals surface area (Å²) in [6.07, 6.45) is 0.760. The molecule has 0 aliphatic carbocycles. The van der Waals surface area contributed by atoms with E-state index in [0.717, 1.165) is 12.1 Å². The molecule has 6 nitrogen and oxygen atoms in total. The third-order valence-electron chi connectivity index (χ3n) is 2.69. The molecule has 0 fully saturated rings. The molecule has 0 aliphatic heterocycles. The van der Waals surface area contributed by atoms with Crippen LogP contribution in [0, 0.1) is 0 Å². The molecule has 0 aliphatic rings. The van der Waals surface area contributed by atoms with Gasteiger partial charge in [0, 0.05) is 18.8 Å². The highest BCUT2D eigenvalue weighted by molar-refractivity contribution is 5.88. The van der Waals surface area contributed by atoms with E-state index in [0.29, 0.717) is 25.6 Å². The zero-order valence-corrected chi connectivity index (χ0v) is 11.9. The van der Waals surface area contributed by atoms with Crippen LogP contribution in [0.4, 0.5) is 5.82 Å². The summed E-state index contributed by atoms with van der Waals surface area (Å²) in [6.45, 7) is 5.49. The lowest BCUT2D eigenvalue weighted by Gasteiger charge is -2.11. The summed E-state index contributed by atoms with van der Waals surface area (Å²) in [5.41, 5.74) is 0.992. The fourth-order valence-corrected chi connectivity index (χ4v) is 1.62. The Morgan fingerprint density at radius 1 is 1.40 bits per heavy atom. The first-order valence-electron chi connectivity index (χ1n) is 6.72. The van der Waals surface area contributed by atoms with Gasteiger partial charge in [-0.25, -0.2) is 9.78 Å². The van der Waals surface area contributed by atoms with Crippen LogP contribution in [0.1, 0.15) is 42.2 Å². The van der Waals surface area contributed by atoms with Crippen LogP contribution >= 0.6 is 0 Å². The molecule has 0 unspecified atom stereocenters. The first-order chi connectivity index (χ1) is 9.54. The SMILES string of the molecule is CC(C)c1cc(C(=O)O)cc(NCCCOCCO)n1. The van der Waals surface area contributed by atoms with Crippen molar-refractivity contribution in [1.29, 1.82) is 0 Å². The van der Waals surface area contributed by atoms with Crippen molar-refractivity contribution >= 4 is 11.8 Å². The van der Waals surface area contributed by atoms with Gasteiger partial charge in [0.05, 0.1) is 18.8 Å². The normalized spacial score (nSPS) is 10.8. The maximum atomic E-state index is 11.1. The number of nitrogens with one attached hydrogen (secondary N) is 1. The van der Waals surface area contributed by atoms with Crippen molar-refractivity contribution in [2.24, 2.45) is 0 Å². The van der Waals surface area contributed by atoms with Crippen molar-refractivity contribution in [1.82, 2.24) is 4.98 Å². The van der Waals surface area contributed by atoms with Crippen molar-refractivity contribution in [2.75, 3.05) is 31.7 Å². The van der Waals surface area contributed by atoms with E-state index in [4.69, 9.17) is 14.9 Å². The van der Waals surface area contributed by atoms with Crippen molar-refractivity contribution in [2.45, 2.75) is 26.2 Å². The third kappa shape index (κ3) is 5.54. The predicted octanol–water partition coefficient (Wildman–Crippen LogP) is 1.71. The minimum Gasteiger partial charge on any atom is -0.478 e. The number of carboxylic acid groups (broad SMARTS) is 1. The standard InChI is InChI=1S/C14H22N2O4/c1-10(2)12-8-11(14(18)19)9-13(16-12)15-4-3-6-20-7-5-17/h8-10,17H,3-7H2,1-2H3,(H,15,16)(H,18,19). The highest BCUT2D eigenvalue weighted by Gasteiger charge is 2.10. The van der Waals surface area contributed by atoms with Gasteiger partial charge in [-0.15, -0.1) is 0 Å². The molecule has 0 radical (unpaired) electrons. The van der Waals surface area contributed by atoms with Gasteiger partial charge in [-0.05, 0) is 24.5 Å². The van der Waals surface area contributed by atoms with E-state index >= 15 is 0 Å². The second-order valence-corrected chi connectivity index (χ2v) is 4.74. The Hall–Kier alpha value is -1.66. The molecule has 112 valence electrons. The fraction of sp³-hybridized carbons (Fsp3) is 0.571. The van der Waals surface area contributed by atoms with Gasteiger partial charge in [-0.3, -0.25) is 0 Å². The lowest BCUT2D eigenvalue weighted by molar-refractivity contribution is 0.0696. The number of pyridine rings is 1. The van der Waals surface area contributed by atoms with E-state index in [1.807, 2.05) is 13.8 Å². The summed E-state index contributed by atoms with van der Waals surface area (Å²) in [5.74, 6) is -0.220. The Morgan fingerprint density at radius 2 is 2.15 bits per heavy atom. The second-order valence-electron chi connectivity index (χ2n) is 4.74. The number of aromatic carboxylic acids is 1. The largest absolute Gasteiger partial charge is 0.478 e. The fourth-order valence-electron chi connectivity index (χ4n) is 1.62. The third-order valence-corrected chi connectivity index (χ3v) is 2.69. The van der Waals surface area contributed by atoms with Crippen LogP contribution in [0.25, 0.3) is 0 Å². The molecule has 1 heterocycles. The van der Waals surface area contributed by atoms with Crippen LogP contribution in [-0.2, 0) is 4.74 Å². The molecule has 0 saturated carbocycles. The highest BCUT2D eigenvalue weighted by Crippen LogP contribution is 2.17. The van der Waals surface area contributed by atoms with E-state index in [1.54, 1.807) is 6.07 Å². The van der Waals surface area contributed by atoms with Crippen molar-refractivity contribution in [3.8, 4) is 0 Å². The van der Waals surface area contributed by atoms with Crippen LogP contribution in [0.2, 0.25) is 0 Å². The first-order valence-corrected chi connectivity index (χ1v) is 6.72. The van der Waals surface area contributed by atoms with Crippen LogP contribution < -0.4 is 5.32 Å². The summed E-state index contributed by atoms with van der Waals surface area (Å²) in [5, 5.41) is 20.7. The average Bonchev–Trinajstić information content (AvgIpc) is 2.42. The number of hydrogen-bond donors (Lipinski definition) is 3. The van der Waals surface area contributed by atoms with Gasteiger partial charge in [0.25, 0.3) is 0 Å². The monoisotopic (exact) mass is 282 g/mol.